The van der Waals surface area contributed by atoms with Crippen molar-refractivity contribution in [1.29, 1.82) is 0 Å². The molecule has 2 aromatic rings. The van der Waals surface area contributed by atoms with Crippen molar-refractivity contribution in [3.8, 4) is 0 Å². The normalized spacial score (nSPS) is 20.0. The lowest BCUT2D eigenvalue weighted by Crippen LogP contribution is -2.43. The molecule has 0 radical (unpaired) electrons. The SMILES string of the molecule is COC(=O)c1ccc(N2CCC3(CCc4c3nc(N3CCOCC3)[nH]c4=O)CC2)nc1. The number of carbonyl (C=O) groups excluding carboxylic acids is 1. The van der Waals surface area contributed by atoms with Gasteiger partial charge in [0.05, 0.1) is 31.6 Å². The fourth-order valence-corrected chi connectivity index (χ4v) is 5.03. The van der Waals surface area contributed by atoms with E-state index < -0.39 is 0 Å². The number of morpholine rings is 1. The van der Waals surface area contributed by atoms with Gasteiger partial charge in [0.15, 0.2) is 0 Å². The van der Waals surface area contributed by atoms with Crippen LogP contribution >= 0.6 is 0 Å². The summed E-state index contributed by atoms with van der Waals surface area (Å²) in [6.45, 7) is 4.48. The number of rotatable bonds is 3. The summed E-state index contributed by atoms with van der Waals surface area (Å²) >= 11 is 0. The third-order valence-corrected chi connectivity index (χ3v) is 6.88. The number of anilines is 2. The summed E-state index contributed by atoms with van der Waals surface area (Å²) in [7, 11) is 1.36. The zero-order valence-corrected chi connectivity index (χ0v) is 17.7. The van der Waals surface area contributed by atoms with Crippen LogP contribution in [-0.4, -0.2) is 67.4 Å². The van der Waals surface area contributed by atoms with E-state index in [1.807, 2.05) is 6.07 Å². The monoisotopic (exact) mass is 425 g/mol. The Morgan fingerprint density at radius 3 is 2.58 bits per heavy atom. The van der Waals surface area contributed by atoms with Gasteiger partial charge in [-0.3, -0.25) is 9.78 Å². The van der Waals surface area contributed by atoms with Crippen LogP contribution in [0.5, 0.6) is 0 Å². The number of esters is 1. The van der Waals surface area contributed by atoms with Gasteiger partial charge in [0.1, 0.15) is 5.82 Å². The van der Waals surface area contributed by atoms with Crippen LogP contribution in [0.4, 0.5) is 11.8 Å². The van der Waals surface area contributed by atoms with Gasteiger partial charge in [-0.15, -0.1) is 0 Å². The number of ether oxygens (including phenoxy) is 2. The van der Waals surface area contributed by atoms with Crippen molar-refractivity contribution in [2.75, 3.05) is 56.3 Å². The van der Waals surface area contributed by atoms with Crippen molar-refractivity contribution in [1.82, 2.24) is 15.0 Å². The lowest BCUT2D eigenvalue weighted by molar-refractivity contribution is 0.0600. The smallest absolute Gasteiger partial charge is 0.339 e. The largest absolute Gasteiger partial charge is 0.465 e. The van der Waals surface area contributed by atoms with E-state index in [0.29, 0.717) is 24.7 Å². The van der Waals surface area contributed by atoms with Crippen LogP contribution < -0.4 is 15.4 Å². The average Bonchev–Trinajstić information content (AvgIpc) is 3.18. The number of hydrogen-bond donors (Lipinski definition) is 1. The van der Waals surface area contributed by atoms with Crippen LogP contribution in [0.2, 0.25) is 0 Å². The Balaban J connectivity index is 1.35. The van der Waals surface area contributed by atoms with Gasteiger partial charge in [0, 0.05) is 43.4 Å². The highest BCUT2D eigenvalue weighted by atomic mass is 16.5. The van der Waals surface area contributed by atoms with Crippen LogP contribution in [0.15, 0.2) is 23.1 Å². The maximum Gasteiger partial charge on any atom is 0.339 e. The lowest BCUT2D eigenvalue weighted by Gasteiger charge is -2.40. The van der Waals surface area contributed by atoms with Gasteiger partial charge in [0.2, 0.25) is 5.95 Å². The molecule has 0 atom stereocenters. The molecule has 9 heteroatoms. The number of H-pyrrole nitrogens is 1. The van der Waals surface area contributed by atoms with Gasteiger partial charge in [-0.2, -0.15) is 0 Å². The van der Waals surface area contributed by atoms with Crippen LogP contribution in [0.25, 0.3) is 0 Å². The second-order valence-electron chi connectivity index (χ2n) is 8.48. The second kappa shape index (κ2) is 7.96. The quantitative estimate of drug-likeness (QED) is 0.734. The van der Waals surface area contributed by atoms with E-state index in [0.717, 1.165) is 68.9 Å². The Labute approximate surface area is 180 Å². The van der Waals surface area contributed by atoms with Gasteiger partial charge in [0.25, 0.3) is 5.56 Å². The zero-order chi connectivity index (χ0) is 21.4. The highest BCUT2D eigenvalue weighted by molar-refractivity contribution is 5.89. The average molecular weight is 425 g/mol. The molecule has 31 heavy (non-hydrogen) atoms. The van der Waals surface area contributed by atoms with Crippen LogP contribution in [0.3, 0.4) is 0 Å². The first-order valence-corrected chi connectivity index (χ1v) is 10.9. The second-order valence-corrected chi connectivity index (χ2v) is 8.48. The summed E-state index contributed by atoms with van der Waals surface area (Å²) in [6, 6.07) is 3.62. The molecule has 0 aromatic carbocycles. The standard InChI is InChI=1S/C22H27N5O4/c1-30-20(29)15-2-3-17(23-14-15)26-8-6-22(7-9-26)5-4-16-18(22)24-21(25-19(16)28)27-10-12-31-13-11-27/h2-3,14H,4-13H2,1H3,(H,24,25,28). The number of hydrogen-bond acceptors (Lipinski definition) is 8. The predicted octanol–water partition coefficient (Wildman–Crippen LogP) is 1.27. The number of piperidine rings is 1. The number of nitrogens with one attached hydrogen (secondary N) is 1. The van der Waals surface area contributed by atoms with Crippen LogP contribution in [0.1, 0.15) is 40.9 Å². The molecule has 3 aliphatic rings. The number of carbonyl (C=O) groups is 1. The van der Waals surface area contributed by atoms with Crippen molar-refractivity contribution >= 4 is 17.7 Å². The van der Waals surface area contributed by atoms with E-state index in [4.69, 9.17) is 14.5 Å². The van der Waals surface area contributed by atoms with E-state index in [2.05, 4.69) is 19.8 Å². The number of fused-ring (bicyclic) bond motifs is 2. The third-order valence-electron chi connectivity index (χ3n) is 6.88. The Hall–Kier alpha value is -2.94. The molecule has 1 spiro atoms. The van der Waals surface area contributed by atoms with E-state index >= 15 is 0 Å². The molecule has 0 unspecified atom stereocenters. The van der Waals surface area contributed by atoms with E-state index in [1.54, 1.807) is 12.3 Å². The first kappa shape index (κ1) is 20.0. The summed E-state index contributed by atoms with van der Waals surface area (Å²) in [4.78, 5) is 41.2. The summed E-state index contributed by atoms with van der Waals surface area (Å²) < 4.78 is 10.2. The van der Waals surface area contributed by atoms with Gasteiger partial charge < -0.3 is 19.3 Å². The minimum atomic E-state index is -0.383. The van der Waals surface area contributed by atoms with Gasteiger partial charge in [-0.25, -0.2) is 14.8 Å². The minimum absolute atomic E-state index is 0.00543. The number of methoxy groups -OCH3 is 1. The molecule has 1 N–H and O–H groups in total. The van der Waals surface area contributed by atoms with E-state index in [9.17, 15) is 9.59 Å². The number of aromatic nitrogens is 3. The van der Waals surface area contributed by atoms with Crippen molar-refractivity contribution in [3.05, 3.63) is 45.5 Å². The first-order valence-electron chi connectivity index (χ1n) is 10.9. The maximum atomic E-state index is 12.8. The van der Waals surface area contributed by atoms with Crippen molar-refractivity contribution < 1.29 is 14.3 Å². The topological polar surface area (TPSA) is 101 Å². The molecule has 2 fully saturated rings. The highest BCUT2D eigenvalue weighted by Gasteiger charge is 2.44. The molecule has 164 valence electrons. The lowest BCUT2D eigenvalue weighted by atomic mass is 9.76. The summed E-state index contributed by atoms with van der Waals surface area (Å²) in [6.07, 6.45) is 5.17. The molecule has 1 aliphatic carbocycles. The molecular weight excluding hydrogens is 398 g/mol. The highest BCUT2D eigenvalue weighted by Crippen LogP contribution is 2.45. The summed E-state index contributed by atoms with van der Waals surface area (Å²) in [5, 5.41) is 0. The van der Waals surface area contributed by atoms with Crippen LogP contribution in [-0.2, 0) is 21.3 Å². The first-order chi connectivity index (χ1) is 15.1. The molecule has 5 rings (SSSR count). The van der Waals surface area contributed by atoms with Crippen molar-refractivity contribution in [3.63, 3.8) is 0 Å². The van der Waals surface area contributed by atoms with Gasteiger partial charge >= 0.3 is 5.97 Å². The molecule has 0 amide bonds. The minimum Gasteiger partial charge on any atom is -0.465 e. The molecule has 2 aromatic heterocycles. The third kappa shape index (κ3) is 3.56. The zero-order valence-electron chi connectivity index (χ0n) is 17.7. The Kier molecular flexibility index (Phi) is 5.13. The number of nitrogens with zero attached hydrogens (tertiary/aromatic N) is 4. The maximum absolute atomic E-state index is 12.8. The van der Waals surface area contributed by atoms with E-state index in [-0.39, 0.29) is 16.9 Å². The Bertz CT molecular complexity index is 1020. The molecule has 9 nitrogen and oxygen atoms in total. The van der Waals surface area contributed by atoms with Crippen molar-refractivity contribution in [2.45, 2.75) is 31.1 Å². The fourth-order valence-electron chi connectivity index (χ4n) is 5.03. The molecule has 4 heterocycles. The number of pyridine rings is 1. The molecular formula is C22H27N5O4. The fraction of sp³-hybridized carbons (Fsp3) is 0.545. The molecule has 2 aliphatic heterocycles. The van der Waals surface area contributed by atoms with Gasteiger partial charge in [-0.05, 0) is 37.8 Å². The molecule has 0 bridgehead atoms. The molecule has 2 saturated heterocycles. The molecule has 0 saturated carbocycles. The predicted molar refractivity (Wildman–Crippen MR) is 115 cm³/mol. The number of aromatic amines is 1. The van der Waals surface area contributed by atoms with Crippen molar-refractivity contribution in [2.24, 2.45) is 0 Å². The Morgan fingerprint density at radius 2 is 1.90 bits per heavy atom. The summed E-state index contributed by atoms with van der Waals surface area (Å²) in [5.41, 5.74) is 2.25. The Morgan fingerprint density at radius 1 is 1.13 bits per heavy atom. The summed E-state index contributed by atoms with van der Waals surface area (Å²) in [5.74, 6) is 1.15. The van der Waals surface area contributed by atoms with E-state index in [1.165, 1.54) is 7.11 Å². The van der Waals surface area contributed by atoms with Gasteiger partial charge in [-0.1, -0.05) is 0 Å². The van der Waals surface area contributed by atoms with Crippen LogP contribution in [0, 0.1) is 0 Å².